The number of fused-ring (bicyclic) bond motifs is 1. The maximum absolute atomic E-state index is 13.5. The number of carbonyl (C=O) groups excluding carboxylic acids is 1. The van der Waals surface area contributed by atoms with E-state index in [0.717, 1.165) is 16.8 Å². The number of hydrogen-bond donors (Lipinski definition) is 0. The molecule has 0 spiro atoms. The van der Waals surface area contributed by atoms with Crippen LogP contribution in [0.3, 0.4) is 0 Å². The van der Waals surface area contributed by atoms with E-state index >= 15 is 0 Å². The van der Waals surface area contributed by atoms with Crippen LogP contribution in [0.1, 0.15) is 48.7 Å². The fourth-order valence-electron chi connectivity index (χ4n) is 4.80. The Morgan fingerprint density at radius 3 is 2.13 bits per heavy atom. The molecule has 5 nitrogen and oxygen atoms in total. The minimum Gasteiger partial charge on any atom is -0.302 e. The number of hydrogen-bond acceptors (Lipinski definition) is 3. The van der Waals surface area contributed by atoms with Crippen molar-refractivity contribution in [3.63, 3.8) is 0 Å². The van der Waals surface area contributed by atoms with Gasteiger partial charge in [0, 0.05) is 34.3 Å². The lowest BCUT2D eigenvalue weighted by molar-refractivity contribution is -0.384. The number of amides is 1. The van der Waals surface area contributed by atoms with Crippen molar-refractivity contribution in [1.82, 2.24) is 0 Å². The molecule has 0 fully saturated rings. The molecule has 0 saturated carbocycles. The largest absolute Gasteiger partial charge is 0.302 e. The molecule has 152 valence electrons. The molecule has 0 bridgehead atoms. The Morgan fingerprint density at radius 2 is 1.50 bits per heavy atom. The predicted molar refractivity (Wildman–Crippen MR) is 118 cm³/mol. The van der Waals surface area contributed by atoms with Gasteiger partial charge < -0.3 is 4.90 Å². The molecule has 0 radical (unpaired) electrons. The molecule has 1 aliphatic rings. The third-order valence-corrected chi connectivity index (χ3v) is 6.07. The molecule has 1 atom stereocenters. The fourth-order valence-corrected chi connectivity index (χ4v) is 4.80. The van der Waals surface area contributed by atoms with Gasteiger partial charge in [-0.1, -0.05) is 55.5 Å². The van der Waals surface area contributed by atoms with Gasteiger partial charge in [0.15, 0.2) is 0 Å². The third-order valence-electron chi connectivity index (χ3n) is 6.07. The number of nitro groups is 1. The number of para-hydroxylation sites is 1. The van der Waals surface area contributed by atoms with Crippen LogP contribution in [0.2, 0.25) is 0 Å². The highest BCUT2D eigenvalue weighted by atomic mass is 16.6. The van der Waals surface area contributed by atoms with Gasteiger partial charge in [-0.3, -0.25) is 14.9 Å². The van der Waals surface area contributed by atoms with E-state index in [4.69, 9.17) is 0 Å². The number of rotatable bonds is 3. The normalized spacial score (nSPS) is 19.8. The first-order valence-corrected chi connectivity index (χ1v) is 9.98. The van der Waals surface area contributed by atoms with Gasteiger partial charge in [0.1, 0.15) is 0 Å². The molecular formula is C25H24N2O3. The van der Waals surface area contributed by atoms with Crippen molar-refractivity contribution in [1.29, 1.82) is 0 Å². The fraction of sp³-hybridized carbons (Fsp3) is 0.240. The number of benzene rings is 3. The molecule has 1 aliphatic heterocycles. The lowest BCUT2D eigenvalue weighted by Gasteiger charge is -2.51. The molecule has 4 rings (SSSR count). The lowest BCUT2D eigenvalue weighted by atomic mass is 9.65. The second-order valence-corrected chi connectivity index (χ2v) is 8.65. The van der Waals surface area contributed by atoms with Gasteiger partial charge in [-0.05, 0) is 49.6 Å². The van der Waals surface area contributed by atoms with Gasteiger partial charge in [0.25, 0.3) is 11.6 Å². The first-order valence-electron chi connectivity index (χ1n) is 9.98. The maximum Gasteiger partial charge on any atom is 0.269 e. The van der Waals surface area contributed by atoms with Crippen LogP contribution in [0.25, 0.3) is 0 Å². The molecule has 0 aliphatic carbocycles. The quantitative estimate of drug-likeness (QED) is 0.417. The SMILES string of the molecule is CC1(C)C[C@](C)(c2ccc([N+](=O)[O-])cc2)c2ccccc2N1C(=O)c1ccccc1. The van der Waals surface area contributed by atoms with Gasteiger partial charge in [0.05, 0.1) is 4.92 Å². The summed E-state index contributed by atoms with van der Waals surface area (Å²) in [5.74, 6) is -0.0289. The van der Waals surface area contributed by atoms with E-state index in [1.807, 2.05) is 65.6 Å². The van der Waals surface area contributed by atoms with E-state index in [1.54, 1.807) is 12.1 Å². The molecule has 5 heteroatoms. The molecular weight excluding hydrogens is 376 g/mol. The van der Waals surface area contributed by atoms with Crippen LogP contribution in [0, 0.1) is 10.1 Å². The average molecular weight is 400 g/mol. The third kappa shape index (κ3) is 3.16. The minimum atomic E-state index is -0.461. The van der Waals surface area contributed by atoms with E-state index in [9.17, 15) is 14.9 Å². The molecule has 1 heterocycles. The summed E-state index contributed by atoms with van der Waals surface area (Å²) < 4.78 is 0. The standard InChI is InChI=1S/C25H24N2O3/c1-24(2)17-25(3,19-13-15-20(16-14-19)27(29)30)21-11-7-8-12-22(21)26(24)23(28)18-9-5-4-6-10-18/h4-16H,17H2,1-3H3/t25-/m1/s1. The highest BCUT2D eigenvalue weighted by Crippen LogP contribution is 2.50. The van der Waals surface area contributed by atoms with E-state index in [1.165, 1.54) is 0 Å². The molecule has 0 saturated heterocycles. The van der Waals surface area contributed by atoms with Crippen LogP contribution >= 0.6 is 0 Å². The molecule has 0 aromatic heterocycles. The van der Waals surface area contributed by atoms with Gasteiger partial charge in [0.2, 0.25) is 0 Å². The van der Waals surface area contributed by atoms with Crippen molar-refractivity contribution in [3.05, 3.63) is 106 Å². The average Bonchev–Trinajstić information content (AvgIpc) is 2.73. The summed E-state index contributed by atoms with van der Waals surface area (Å²) in [7, 11) is 0. The molecule has 0 N–H and O–H groups in total. The first kappa shape index (κ1) is 19.8. The van der Waals surface area contributed by atoms with E-state index in [-0.39, 0.29) is 21.9 Å². The number of nitrogens with zero attached hydrogens (tertiary/aromatic N) is 2. The molecule has 30 heavy (non-hydrogen) atoms. The van der Waals surface area contributed by atoms with Crippen molar-refractivity contribution in [2.45, 2.75) is 38.1 Å². The Hall–Kier alpha value is -3.47. The van der Waals surface area contributed by atoms with Crippen LogP contribution in [-0.2, 0) is 5.41 Å². The van der Waals surface area contributed by atoms with Crippen LogP contribution in [0.4, 0.5) is 11.4 Å². The molecule has 1 amide bonds. The Balaban J connectivity index is 1.86. The van der Waals surface area contributed by atoms with Gasteiger partial charge >= 0.3 is 0 Å². The second-order valence-electron chi connectivity index (χ2n) is 8.65. The second kappa shape index (κ2) is 7.10. The molecule has 3 aromatic carbocycles. The van der Waals surface area contributed by atoms with Crippen molar-refractivity contribution < 1.29 is 9.72 Å². The monoisotopic (exact) mass is 400 g/mol. The number of carbonyl (C=O) groups is 1. The summed E-state index contributed by atoms with van der Waals surface area (Å²) in [6.07, 6.45) is 0.688. The van der Waals surface area contributed by atoms with Crippen molar-refractivity contribution in [3.8, 4) is 0 Å². The minimum absolute atomic E-state index is 0.0289. The Morgan fingerprint density at radius 1 is 0.900 bits per heavy atom. The smallest absolute Gasteiger partial charge is 0.269 e. The van der Waals surface area contributed by atoms with Crippen LogP contribution in [0.15, 0.2) is 78.9 Å². The number of non-ortho nitro benzene ring substituents is 1. The maximum atomic E-state index is 13.5. The summed E-state index contributed by atoms with van der Waals surface area (Å²) in [4.78, 5) is 26.1. The number of anilines is 1. The van der Waals surface area contributed by atoms with Gasteiger partial charge in [-0.15, -0.1) is 0 Å². The highest BCUT2D eigenvalue weighted by Gasteiger charge is 2.47. The van der Waals surface area contributed by atoms with Gasteiger partial charge in [-0.2, -0.15) is 0 Å². The van der Waals surface area contributed by atoms with Crippen molar-refractivity contribution in [2.24, 2.45) is 0 Å². The summed E-state index contributed by atoms with van der Waals surface area (Å²) in [6.45, 7) is 6.31. The van der Waals surface area contributed by atoms with Crippen LogP contribution in [-0.4, -0.2) is 16.4 Å². The first-order chi connectivity index (χ1) is 14.2. The Bertz CT molecular complexity index is 1110. The highest BCUT2D eigenvalue weighted by molar-refractivity contribution is 6.08. The van der Waals surface area contributed by atoms with Crippen molar-refractivity contribution in [2.75, 3.05) is 4.90 Å². The zero-order valence-electron chi connectivity index (χ0n) is 17.3. The van der Waals surface area contributed by atoms with Crippen LogP contribution < -0.4 is 4.90 Å². The number of nitro benzene ring substituents is 1. The van der Waals surface area contributed by atoms with E-state index in [2.05, 4.69) is 26.8 Å². The Labute approximate surface area is 176 Å². The molecule has 0 unspecified atom stereocenters. The Kier molecular flexibility index (Phi) is 4.69. The molecule has 3 aromatic rings. The zero-order chi connectivity index (χ0) is 21.5. The summed E-state index contributed by atoms with van der Waals surface area (Å²) >= 11 is 0. The summed E-state index contributed by atoms with van der Waals surface area (Å²) in [6, 6.07) is 24.1. The van der Waals surface area contributed by atoms with Crippen LogP contribution in [0.5, 0.6) is 0 Å². The van der Waals surface area contributed by atoms with E-state index < -0.39 is 5.54 Å². The van der Waals surface area contributed by atoms with Crippen molar-refractivity contribution >= 4 is 17.3 Å². The topological polar surface area (TPSA) is 63.5 Å². The summed E-state index contributed by atoms with van der Waals surface area (Å²) in [5.41, 5.74) is 2.80. The van der Waals surface area contributed by atoms with Gasteiger partial charge in [-0.25, -0.2) is 0 Å². The van der Waals surface area contributed by atoms with E-state index in [0.29, 0.717) is 12.0 Å². The summed E-state index contributed by atoms with van der Waals surface area (Å²) in [5, 5.41) is 11.1. The lowest BCUT2D eigenvalue weighted by Crippen LogP contribution is -2.55. The predicted octanol–water partition coefficient (Wildman–Crippen LogP) is 5.73. The zero-order valence-corrected chi connectivity index (χ0v) is 17.3.